The van der Waals surface area contributed by atoms with Crippen molar-refractivity contribution in [3.63, 3.8) is 0 Å². The van der Waals surface area contributed by atoms with E-state index in [4.69, 9.17) is 4.74 Å². The number of nitrogens with one attached hydrogen (secondary N) is 3. The minimum Gasteiger partial charge on any atom is -0.494 e. The number of guanidine groups is 1. The monoisotopic (exact) mass is 452 g/mol. The lowest BCUT2D eigenvalue weighted by Gasteiger charge is -2.22. The van der Waals surface area contributed by atoms with Crippen LogP contribution in [0.25, 0.3) is 0 Å². The van der Waals surface area contributed by atoms with Gasteiger partial charge < -0.3 is 20.7 Å². The Balaban J connectivity index is 0.00000529. The van der Waals surface area contributed by atoms with Gasteiger partial charge in [0.2, 0.25) is 0 Å². The number of rotatable bonds is 6. The number of benzene rings is 1. The molecule has 3 N–H and O–H groups in total. The molecule has 0 bridgehead atoms. The van der Waals surface area contributed by atoms with Crippen LogP contribution in [-0.4, -0.2) is 38.7 Å². The van der Waals surface area contributed by atoms with Gasteiger partial charge in [-0.1, -0.05) is 6.07 Å². The third kappa shape index (κ3) is 8.14. The molecule has 1 atom stereocenters. The van der Waals surface area contributed by atoms with E-state index in [1.165, 1.54) is 13.2 Å². The summed E-state index contributed by atoms with van der Waals surface area (Å²) in [4.78, 5) is 4.19. The fraction of sp³-hybridized carbons (Fsp3) is 0.588. The van der Waals surface area contributed by atoms with E-state index < -0.39 is 0 Å². The summed E-state index contributed by atoms with van der Waals surface area (Å²) in [7, 11) is 3.17. The third-order valence-electron chi connectivity index (χ3n) is 3.33. The van der Waals surface area contributed by atoms with Crippen molar-refractivity contribution in [2.45, 2.75) is 39.3 Å². The van der Waals surface area contributed by atoms with E-state index >= 15 is 0 Å². The summed E-state index contributed by atoms with van der Waals surface area (Å²) in [6.07, 6.45) is 0. The molecule has 0 aromatic heterocycles. The van der Waals surface area contributed by atoms with Gasteiger partial charge in [-0.2, -0.15) is 0 Å². The lowest BCUT2D eigenvalue weighted by molar-refractivity contribution is 0.386. The van der Waals surface area contributed by atoms with Crippen LogP contribution in [0.1, 0.15) is 39.3 Å². The van der Waals surface area contributed by atoms with Crippen molar-refractivity contribution in [3.05, 3.63) is 29.6 Å². The van der Waals surface area contributed by atoms with Gasteiger partial charge in [-0.05, 0) is 45.4 Å². The van der Waals surface area contributed by atoms with Gasteiger partial charge in [-0.25, -0.2) is 4.39 Å². The van der Waals surface area contributed by atoms with Gasteiger partial charge >= 0.3 is 0 Å². The topological polar surface area (TPSA) is 57.7 Å². The highest BCUT2D eigenvalue weighted by Gasteiger charge is 2.11. The van der Waals surface area contributed by atoms with Crippen LogP contribution >= 0.6 is 24.0 Å². The fourth-order valence-corrected chi connectivity index (χ4v) is 2.05. The Kier molecular flexibility index (Phi) is 10.2. The molecule has 0 amide bonds. The molecule has 0 fully saturated rings. The molecule has 0 aliphatic carbocycles. The zero-order valence-corrected chi connectivity index (χ0v) is 17.7. The van der Waals surface area contributed by atoms with Crippen molar-refractivity contribution in [1.82, 2.24) is 16.0 Å². The molecule has 0 saturated heterocycles. The minimum atomic E-state index is -0.365. The molecular formula is C17H30FIN4O. The van der Waals surface area contributed by atoms with Crippen molar-refractivity contribution in [3.8, 4) is 5.75 Å². The Morgan fingerprint density at radius 2 is 1.96 bits per heavy atom. The molecule has 1 aromatic rings. The summed E-state index contributed by atoms with van der Waals surface area (Å²) in [6, 6.07) is 4.88. The molecule has 0 aliphatic rings. The van der Waals surface area contributed by atoms with E-state index in [-0.39, 0.29) is 47.1 Å². The van der Waals surface area contributed by atoms with Crippen molar-refractivity contribution in [2.24, 2.45) is 4.99 Å². The number of ether oxygens (including phenoxy) is 1. The minimum absolute atomic E-state index is 0. The molecule has 0 aliphatic heterocycles. The maximum atomic E-state index is 13.8. The molecule has 7 heteroatoms. The van der Waals surface area contributed by atoms with Gasteiger partial charge in [0.25, 0.3) is 0 Å². The zero-order valence-electron chi connectivity index (χ0n) is 15.4. The fourth-order valence-electron chi connectivity index (χ4n) is 2.05. The largest absolute Gasteiger partial charge is 0.494 e. The third-order valence-corrected chi connectivity index (χ3v) is 3.33. The quantitative estimate of drug-likeness (QED) is 0.269. The molecule has 0 saturated carbocycles. The maximum absolute atomic E-state index is 13.8. The van der Waals surface area contributed by atoms with Crippen LogP contribution in [0.2, 0.25) is 0 Å². The highest BCUT2D eigenvalue weighted by molar-refractivity contribution is 14.0. The molecule has 1 aromatic carbocycles. The van der Waals surface area contributed by atoms with Crippen LogP contribution in [0.3, 0.4) is 0 Å². The second kappa shape index (κ2) is 10.7. The zero-order chi connectivity index (χ0) is 17.5. The number of hydrogen-bond donors (Lipinski definition) is 3. The molecule has 0 spiro atoms. The van der Waals surface area contributed by atoms with Crippen LogP contribution in [0.4, 0.5) is 4.39 Å². The predicted octanol–water partition coefficient (Wildman–Crippen LogP) is 3.07. The first kappa shape index (κ1) is 22.9. The van der Waals surface area contributed by atoms with Crippen LogP contribution in [-0.2, 0) is 0 Å². The SMILES string of the molecule is CN=C(NCCNC(C)(C)C)NC(C)c1ccc(OC)c(F)c1.I. The maximum Gasteiger partial charge on any atom is 0.191 e. The summed E-state index contributed by atoms with van der Waals surface area (Å²) in [6.45, 7) is 9.92. The number of methoxy groups -OCH3 is 1. The number of nitrogens with zero attached hydrogens (tertiary/aromatic N) is 1. The predicted molar refractivity (Wildman–Crippen MR) is 109 cm³/mol. The normalized spacial score (nSPS) is 13.0. The Morgan fingerprint density at radius 3 is 2.46 bits per heavy atom. The molecule has 1 unspecified atom stereocenters. The van der Waals surface area contributed by atoms with Crippen molar-refractivity contribution in [1.29, 1.82) is 0 Å². The van der Waals surface area contributed by atoms with Gasteiger partial charge in [-0.15, -0.1) is 24.0 Å². The van der Waals surface area contributed by atoms with E-state index in [0.717, 1.165) is 18.7 Å². The molecule has 138 valence electrons. The van der Waals surface area contributed by atoms with Gasteiger partial charge in [0.05, 0.1) is 13.2 Å². The smallest absolute Gasteiger partial charge is 0.191 e. The standard InChI is InChI=1S/C17H29FN4O.HI/c1-12(13-7-8-15(23-6)14(18)11-13)22-16(19-5)20-9-10-21-17(2,3)4;/h7-8,11-12,21H,9-10H2,1-6H3,(H2,19,20,22);1H. The number of aliphatic imine (C=N–C) groups is 1. The lowest BCUT2D eigenvalue weighted by Crippen LogP contribution is -2.45. The van der Waals surface area contributed by atoms with Gasteiger partial charge in [-0.3, -0.25) is 4.99 Å². The highest BCUT2D eigenvalue weighted by Crippen LogP contribution is 2.21. The first-order valence-corrected chi connectivity index (χ1v) is 7.82. The van der Waals surface area contributed by atoms with Crippen LogP contribution in [0, 0.1) is 5.82 Å². The first-order valence-electron chi connectivity index (χ1n) is 7.82. The van der Waals surface area contributed by atoms with Crippen LogP contribution in [0.15, 0.2) is 23.2 Å². The summed E-state index contributed by atoms with van der Waals surface area (Å²) < 4.78 is 18.7. The summed E-state index contributed by atoms with van der Waals surface area (Å²) in [5, 5.41) is 9.88. The molecule has 0 heterocycles. The summed E-state index contributed by atoms with van der Waals surface area (Å²) >= 11 is 0. The second-order valence-electron chi connectivity index (χ2n) is 6.44. The molecule has 5 nitrogen and oxygen atoms in total. The van der Waals surface area contributed by atoms with E-state index in [2.05, 4.69) is 41.7 Å². The van der Waals surface area contributed by atoms with E-state index in [0.29, 0.717) is 5.96 Å². The average molecular weight is 452 g/mol. The van der Waals surface area contributed by atoms with Crippen LogP contribution in [0.5, 0.6) is 5.75 Å². The summed E-state index contributed by atoms with van der Waals surface area (Å²) in [5.74, 6) is 0.567. The van der Waals surface area contributed by atoms with E-state index in [1.807, 2.05) is 13.0 Å². The Hall–Kier alpha value is -1.09. The lowest BCUT2D eigenvalue weighted by atomic mass is 10.1. The molecule has 24 heavy (non-hydrogen) atoms. The van der Waals surface area contributed by atoms with E-state index in [1.54, 1.807) is 13.1 Å². The Labute approximate surface area is 161 Å². The first-order chi connectivity index (χ1) is 10.8. The van der Waals surface area contributed by atoms with Gasteiger partial charge in [0, 0.05) is 25.7 Å². The molecular weight excluding hydrogens is 422 g/mol. The Bertz CT molecular complexity index is 532. The van der Waals surface area contributed by atoms with Gasteiger partial charge in [0.1, 0.15) is 0 Å². The van der Waals surface area contributed by atoms with E-state index in [9.17, 15) is 4.39 Å². The number of hydrogen-bond acceptors (Lipinski definition) is 3. The Morgan fingerprint density at radius 1 is 1.29 bits per heavy atom. The van der Waals surface area contributed by atoms with Crippen molar-refractivity contribution in [2.75, 3.05) is 27.2 Å². The van der Waals surface area contributed by atoms with Crippen molar-refractivity contribution >= 4 is 29.9 Å². The molecule has 1 rings (SSSR count). The molecule has 0 radical (unpaired) electrons. The van der Waals surface area contributed by atoms with Gasteiger partial charge in [0.15, 0.2) is 17.5 Å². The van der Waals surface area contributed by atoms with Crippen molar-refractivity contribution < 1.29 is 9.13 Å². The summed E-state index contributed by atoms with van der Waals surface area (Å²) in [5.41, 5.74) is 0.922. The van der Waals surface area contributed by atoms with Crippen LogP contribution < -0.4 is 20.7 Å². The highest BCUT2D eigenvalue weighted by atomic mass is 127. The second-order valence-corrected chi connectivity index (χ2v) is 6.44. The number of halogens is 2. The average Bonchev–Trinajstić information content (AvgIpc) is 2.49.